The van der Waals surface area contributed by atoms with Crippen LogP contribution in [0.2, 0.25) is 0 Å². The summed E-state index contributed by atoms with van der Waals surface area (Å²) in [6.07, 6.45) is 4.60. The summed E-state index contributed by atoms with van der Waals surface area (Å²) in [6, 6.07) is 0. The van der Waals surface area contributed by atoms with Crippen LogP contribution < -0.4 is 5.56 Å². The maximum Gasteiger partial charge on any atom is 0.264 e. The molecule has 0 spiro atoms. The molecule has 0 bridgehead atoms. The molecule has 2 amide bonds. The molecular formula is C19H26N4O3S. The number of piperidine rings is 1. The largest absolute Gasteiger partial charge is 0.341 e. The topological polar surface area (TPSA) is 75.5 Å². The zero-order chi connectivity index (χ0) is 19.6. The van der Waals surface area contributed by atoms with Crippen LogP contribution in [0.4, 0.5) is 0 Å². The van der Waals surface area contributed by atoms with E-state index in [1.54, 1.807) is 11.8 Å². The van der Waals surface area contributed by atoms with Gasteiger partial charge in [0.15, 0.2) is 0 Å². The van der Waals surface area contributed by atoms with Gasteiger partial charge < -0.3 is 9.80 Å². The van der Waals surface area contributed by atoms with Crippen LogP contribution in [-0.4, -0.2) is 57.3 Å². The Morgan fingerprint density at radius 2 is 1.85 bits per heavy atom. The van der Waals surface area contributed by atoms with Gasteiger partial charge in [-0.05, 0) is 45.6 Å². The molecule has 3 rings (SSSR count). The third-order valence-corrected chi connectivity index (χ3v) is 6.36. The second kappa shape index (κ2) is 8.21. The summed E-state index contributed by atoms with van der Waals surface area (Å²) in [5.74, 6) is -0.124. The molecule has 0 atom stereocenters. The molecule has 8 heteroatoms. The van der Waals surface area contributed by atoms with Crippen LogP contribution in [0.5, 0.6) is 0 Å². The number of thiophene rings is 1. The molecule has 1 aliphatic heterocycles. The Bertz CT molecular complexity index is 908. The van der Waals surface area contributed by atoms with E-state index >= 15 is 0 Å². The van der Waals surface area contributed by atoms with Gasteiger partial charge in [-0.3, -0.25) is 19.0 Å². The lowest BCUT2D eigenvalue weighted by Gasteiger charge is -2.26. The monoisotopic (exact) mass is 390 g/mol. The van der Waals surface area contributed by atoms with Gasteiger partial charge in [0, 0.05) is 26.2 Å². The number of hydrogen-bond acceptors (Lipinski definition) is 5. The second-order valence-electron chi connectivity index (χ2n) is 6.83. The molecule has 0 aliphatic carbocycles. The Morgan fingerprint density at radius 3 is 2.48 bits per heavy atom. The van der Waals surface area contributed by atoms with Gasteiger partial charge in [0.25, 0.3) is 11.5 Å². The first kappa shape index (κ1) is 19.5. The van der Waals surface area contributed by atoms with Crippen molar-refractivity contribution in [1.82, 2.24) is 19.4 Å². The third kappa shape index (κ3) is 3.76. The van der Waals surface area contributed by atoms with E-state index in [4.69, 9.17) is 0 Å². The highest BCUT2D eigenvalue weighted by molar-refractivity contribution is 7.20. The highest BCUT2D eigenvalue weighted by Crippen LogP contribution is 2.28. The molecule has 0 aromatic carbocycles. The van der Waals surface area contributed by atoms with Crippen molar-refractivity contribution >= 4 is 33.4 Å². The molecule has 0 N–H and O–H groups in total. The molecule has 1 aliphatic rings. The fourth-order valence-electron chi connectivity index (χ4n) is 3.52. The Balaban J connectivity index is 1.92. The van der Waals surface area contributed by atoms with Crippen LogP contribution >= 0.6 is 11.3 Å². The maximum absolute atomic E-state index is 12.9. The van der Waals surface area contributed by atoms with E-state index in [1.165, 1.54) is 22.2 Å². The first-order valence-corrected chi connectivity index (χ1v) is 10.3. The van der Waals surface area contributed by atoms with Crippen molar-refractivity contribution < 1.29 is 9.59 Å². The standard InChI is InChI=1S/C19H26N4O3S/c1-4-21(5-2)19(26)16-13(3)15-17(27-16)20-12-23(18(15)25)11-14(24)22-9-7-6-8-10-22/h12H,4-11H2,1-3H3. The summed E-state index contributed by atoms with van der Waals surface area (Å²) in [5, 5.41) is 0.449. The minimum atomic E-state index is -0.252. The number of fused-ring (bicyclic) bond motifs is 1. The molecule has 1 fully saturated rings. The van der Waals surface area contributed by atoms with Gasteiger partial charge in [-0.25, -0.2) is 4.98 Å². The molecule has 27 heavy (non-hydrogen) atoms. The molecule has 0 unspecified atom stereocenters. The Labute approximate surface area is 162 Å². The summed E-state index contributed by atoms with van der Waals surface area (Å²) in [7, 11) is 0. The van der Waals surface area contributed by atoms with Crippen molar-refractivity contribution in [3.05, 3.63) is 27.1 Å². The predicted molar refractivity (Wildman–Crippen MR) is 106 cm³/mol. The highest BCUT2D eigenvalue weighted by Gasteiger charge is 2.23. The first-order valence-electron chi connectivity index (χ1n) is 9.53. The molecule has 7 nitrogen and oxygen atoms in total. The number of likely N-dealkylation sites (tertiary alicyclic amines) is 1. The second-order valence-corrected chi connectivity index (χ2v) is 7.83. The van der Waals surface area contributed by atoms with Crippen LogP contribution in [0, 0.1) is 6.92 Å². The number of aromatic nitrogens is 2. The van der Waals surface area contributed by atoms with E-state index in [9.17, 15) is 14.4 Å². The van der Waals surface area contributed by atoms with Crippen molar-refractivity contribution in [2.24, 2.45) is 0 Å². The van der Waals surface area contributed by atoms with E-state index in [0.29, 0.717) is 33.7 Å². The molecule has 0 saturated carbocycles. The summed E-state index contributed by atoms with van der Waals surface area (Å²) in [5.41, 5.74) is 0.405. The van der Waals surface area contributed by atoms with Gasteiger partial charge >= 0.3 is 0 Å². The van der Waals surface area contributed by atoms with E-state index in [2.05, 4.69) is 4.98 Å². The number of nitrogens with zero attached hydrogens (tertiary/aromatic N) is 4. The zero-order valence-corrected chi connectivity index (χ0v) is 17.0. The lowest BCUT2D eigenvalue weighted by molar-refractivity contribution is -0.132. The van der Waals surface area contributed by atoms with Gasteiger partial charge in [0.1, 0.15) is 11.4 Å². The maximum atomic E-state index is 12.9. The summed E-state index contributed by atoms with van der Waals surface area (Å²) in [4.78, 5) is 47.2. The molecule has 2 aromatic heterocycles. The van der Waals surface area contributed by atoms with Crippen molar-refractivity contribution in [2.45, 2.75) is 46.6 Å². The molecule has 1 saturated heterocycles. The lowest BCUT2D eigenvalue weighted by Crippen LogP contribution is -2.39. The van der Waals surface area contributed by atoms with Gasteiger partial charge in [-0.15, -0.1) is 11.3 Å². The van der Waals surface area contributed by atoms with Crippen LogP contribution in [0.1, 0.15) is 48.3 Å². The smallest absolute Gasteiger partial charge is 0.264 e. The van der Waals surface area contributed by atoms with Gasteiger partial charge in [-0.2, -0.15) is 0 Å². The predicted octanol–water partition coefficient (Wildman–Crippen LogP) is 2.26. The van der Waals surface area contributed by atoms with Gasteiger partial charge in [0.2, 0.25) is 5.91 Å². The highest BCUT2D eigenvalue weighted by atomic mass is 32.1. The quantitative estimate of drug-likeness (QED) is 0.785. The fraction of sp³-hybridized carbons (Fsp3) is 0.579. The molecular weight excluding hydrogens is 364 g/mol. The van der Waals surface area contributed by atoms with E-state index in [0.717, 1.165) is 32.4 Å². The van der Waals surface area contributed by atoms with E-state index in [1.807, 2.05) is 18.7 Å². The normalized spacial score (nSPS) is 14.6. The van der Waals surface area contributed by atoms with E-state index in [-0.39, 0.29) is 23.9 Å². The summed E-state index contributed by atoms with van der Waals surface area (Å²) < 4.78 is 1.37. The van der Waals surface area contributed by atoms with Crippen molar-refractivity contribution in [3.8, 4) is 0 Å². The van der Waals surface area contributed by atoms with Crippen molar-refractivity contribution in [1.29, 1.82) is 0 Å². The van der Waals surface area contributed by atoms with Crippen LogP contribution in [-0.2, 0) is 11.3 Å². The van der Waals surface area contributed by atoms with Crippen molar-refractivity contribution in [2.75, 3.05) is 26.2 Å². The SMILES string of the molecule is CCN(CC)C(=O)c1sc2ncn(CC(=O)N3CCCCC3)c(=O)c2c1C. The minimum absolute atomic E-state index is 0.00359. The lowest BCUT2D eigenvalue weighted by atomic mass is 10.1. The Kier molecular flexibility index (Phi) is 5.94. The molecule has 3 heterocycles. The summed E-state index contributed by atoms with van der Waals surface area (Å²) in [6.45, 7) is 8.39. The van der Waals surface area contributed by atoms with Gasteiger partial charge in [-0.1, -0.05) is 0 Å². The summed E-state index contributed by atoms with van der Waals surface area (Å²) >= 11 is 1.25. The Morgan fingerprint density at radius 1 is 1.19 bits per heavy atom. The molecule has 2 aromatic rings. The van der Waals surface area contributed by atoms with Crippen LogP contribution in [0.25, 0.3) is 10.2 Å². The molecule has 146 valence electrons. The Hall–Kier alpha value is -2.22. The van der Waals surface area contributed by atoms with E-state index < -0.39 is 0 Å². The fourth-order valence-corrected chi connectivity index (χ4v) is 4.63. The molecule has 0 radical (unpaired) electrons. The van der Waals surface area contributed by atoms with Crippen molar-refractivity contribution in [3.63, 3.8) is 0 Å². The number of aryl methyl sites for hydroxylation is 1. The van der Waals surface area contributed by atoms with Gasteiger partial charge in [0.05, 0.1) is 16.6 Å². The number of rotatable bonds is 5. The first-order chi connectivity index (χ1) is 13.0. The van der Waals surface area contributed by atoms with Crippen LogP contribution in [0.3, 0.4) is 0 Å². The van der Waals surface area contributed by atoms with Crippen LogP contribution in [0.15, 0.2) is 11.1 Å². The average Bonchev–Trinajstić information content (AvgIpc) is 3.02. The number of carbonyl (C=O) groups is 2. The number of amides is 2. The zero-order valence-electron chi connectivity index (χ0n) is 16.2. The third-order valence-electron chi connectivity index (χ3n) is 5.18. The number of carbonyl (C=O) groups excluding carboxylic acids is 2. The minimum Gasteiger partial charge on any atom is -0.341 e. The average molecular weight is 391 g/mol. The number of hydrogen-bond donors (Lipinski definition) is 0.